The van der Waals surface area contributed by atoms with Gasteiger partial charge in [-0.15, -0.1) is 0 Å². The minimum absolute atomic E-state index is 0.0629. The van der Waals surface area contributed by atoms with Gasteiger partial charge in [0.25, 0.3) is 0 Å². The van der Waals surface area contributed by atoms with E-state index in [1.54, 1.807) is 18.2 Å². The first-order valence-electron chi connectivity index (χ1n) is 5.98. The van der Waals surface area contributed by atoms with Gasteiger partial charge in [-0.05, 0) is 18.6 Å². The molecule has 7 nitrogen and oxygen atoms in total. The van der Waals surface area contributed by atoms with Crippen molar-refractivity contribution in [1.82, 2.24) is 0 Å². The van der Waals surface area contributed by atoms with E-state index in [2.05, 4.69) is 5.32 Å². The maximum Gasteiger partial charge on any atom is 0.303 e. The van der Waals surface area contributed by atoms with Crippen molar-refractivity contribution < 1.29 is 24.2 Å². The summed E-state index contributed by atoms with van der Waals surface area (Å²) in [4.78, 5) is 22.3. The van der Waals surface area contributed by atoms with E-state index in [0.29, 0.717) is 17.2 Å². The van der Waals surface area contributed by atoms with Crippen LogP contribution in [0.25, 0.3) is 0 Å². The van der Waals surface area contributed by atoms with Crippen LogP contribution in [0.1, 0.15) is 12.8 Å². The molecule has 110 valence electrons. The lowest BCUT2D eigenvalue weighted by Crippen LogP contribution is -2.36. The fourth-order valence-electron chi connectivity index (χ4n) is 1.55. The second-order valence-electron chi connectivity index (χ2n) is 4.09. The van der Waals surface area contributed by atoms with Gasteiger partial charge in [-0.1, -0.05) is 0 Å². The molecule has 0 saturated carbocycles. The number of nitrogens with one attached hydrogen (secondary N) is 1. The van der Waals surface area contributed by atoms with E-state index in [0.717, 1.165) is 0 Å². The number of carbonyl (C=O) groups excluding carboxylic acids is 1. The highest BCUT2D eigenvalue weighted by atomic mass is 16.5. The Morgan fingerprint density at radius 3 is 2.60 bits per heavy atom. The zero-order chi connectivity index (χ0) is 15.1. The molecule has 1 unspecified atom stereocenters. The number of amides is 1. The number of methoxy groups -OCH3 is 2. The number of anilines is 1. The topological polar surface area (TPSA) is 111 Å². The number of aliphatic carboxylic acids is 1. The average molecular weight is 282 g/mol. The fourth-order valence-corrected chi connectivity index (χ4v) is 1.55. The summed E-state index contributed by atoms with van der Waals surface area (Å²) in [5, 5.41) is 11.2. The van der Waals surface area contributed by atoms with E-state index in [-0.39, 0.29) is 12.8 Å². The molecule has 4 N–H and O–H groups in total. The van der Waals surface area contributed by atoms with Crippen LogP contribution in [-0.2, 0) is 9.59 Å². The SMILES string of the molecule is COc1ccc(OC)c(NC(=O)C(N)CCC(=O)O)c1. The zero-order valence-electron chi connectivity index (χ0n) is 11.4. The van der Waals surface area contributed by atoms with Crippen LogP contribution in [0.2, 0.25) is 0 Å². The Kier molecular flexibility index (Phi) is 5.79. The number of hydrogen-bond acceptors (Lipinski definition) is 5. The number of carboxylic acids is 1. The largest absolute Gasteiger partial charge is 0.497 e. The normalized spacial score (nSPS) is 11.6. The zero-order valence-corrected chi connectivity index (χ0v) is 11.4. The number of carboxylic acid groups (broad SMARTS) is 1. The van der Waals surface area contributed by atoms with Crippen LogP contribution >= 0.6 is 0 Å². The molecule has 1 rings (SSSR count). The van der Waals surface area contributed by atoms with Crippen LogP contribution in [0, 0.1) is 0 Å². The van der Waals surface area contributed by atoms with Gasteiger partial charge < -0.3 is 25.6 Å². The van der Waals surface area contributed by atoms with Gasteiger partial charge >= 0.3 is 5.97 Å². The van der Waals surface area contributed by atoms with Gasteiger partial charge in [0.2, 0.25) is 5.91 Å². The van der Waals surface area contributed by atoms with Crippen molar-refractivity contribution in [3.63, 3.8) is 0 Å². The van der Waals surface area contributed by atoms with Gasteiger partial charge in [0.1, 0.15) is 11.5 Å². The van der Waals surface area contributed by atoms with Crippen molar-refractivity contribution >= 4 is 17.6 Å². The van der Waals surface area contributed by atoms with Gasteiger partial charge in [-0.2, -0.15) is 0 Å². The van der Waals surface area contributed by atoms with Crippen molar-refractivity contribution in [1.29, 1.82) is 0 Å². The van der Waals surface area contributed by atoms with Crippen molar-refractivity contribution in [3.05, 3.63) is 18.2 Å². The van der Waals surface area contributed by atoms with E-state index < -0.39 is 17.9 Å². The first kappa shape index (κ1) is 15.8. The smallest absolute Gasteiger partial charge is 0.303 e. The summed E-state index contributed by atoms with van der Waals surface area (Å²) in [6.07, 6.45) is -0.0999. The standard InChI is InChI=1S/C13H18N2O5/c1-19-8-3-5-11(20-2)10(7-8)15-13(18)9(14)4-6-12(16)17/h3,5,7,9H,4,6,14H2,1-2H3,(H,15,18)(H,16,17). The first-order chi connectivity index (χ1) is 9.47. The van der Waals surface area contributed by atoms with Gasteiger partial charge in [0.05, 0.1) is 25.9 Å². The van der Waals surface area contributed by atoms with Crippen LogP contribution in [0.5, 0.6) is 11.5 Å². The number of ether oxygens (including phenoxy) is 2. The third-order valence-corrected chi connectivity index (χ3v) is 2.67. The molecule has 0 aliphatic rings. The van der Waals surface area contributed by atoms with Crippen LogP contribution in [0.15, 0.2) is 18.2 Å². The number of hydrogen-bond donors (Lipinski definition) is 3. The second kappa shape index (κ2) is 7.34. The molecule has 0 aromatic heterocycles. The molecule has 1 aromatic rings. The molecule has 0 aliphatic carbocycles. The highest BCUT2D eigenvalue weighted by molar-refractivity contribution is 5.96. The first-order valence-corrected chi connectivity index (χ1v) is 5.98. The molecule has 20 heavy (non-hydrogen) atoms. The van der Waals surface area contributed by atoms with Crippen molar-refractivity contribution in [2.24, 2.45) is 5.73 Å². The molecule has 0 aliphatic heterocycles. The summed E-state index contributed by atoms with van der Waals surface area (Å²) < 4.78 is 10.2. The molecule has 1 atom stereocenters. The Morgan fingerprint density at radius 1 is 1.35 bits per heavy atom. The van der Waals surface area contributed by atoms with E-state index >= 15 is 0 Å². The Hall–Kier alpha value is -2.28. The summed E-state index contributed by atoms with van der Waals surface area (Å²) in [6, 6.07) is 4.04. The van der Waals surface area contributed by atoms with Gasteiger partial charge in [-0.25, -0.2) is 0 Å². The summed E-state index contributed by atoms with van der Waals surface area (Å²) in [5.74, 6) is -0.449. The van der Waals surface area contributed by atoms with E-state index in [4.69, 9.17) is 20.3 Å². The highest BCUT2D eigenvalue weighted by Gasteiger charge is 2.17. The molecule has 0 bridgehead atoms. The van der Waals surface area contributed by atoms with E-state index in [1.165, 1.54) is 14.2 Å². The van der Waals surface area contributed by atoms with E-state index in [9.17, 15) is 9.59 Å². The minimum Gasteiger partial charge on any atom is -0.497 e. The van der Waals surface area contributed by atoms with Crippen LogP contribution in [0.3, 0.4) is 0 Å². The van der Waals surface area contributed by atoms with Gasteiger partial charge in [0.15, 0.2) is 0 Å². The Bertz CT molecular complexity index is 490. The average Bonchev–Trinajstić information content (AvgIpc) is 2.44. The molecule has 0 heterocycles. The Labute approximate surface area is 116 Å². The molecular formula is C13H18N2O5. The van der Waals surface area contributed by atoms with Crippen molar-refractivity contribution in [2.75, 3.05) is 19.5 Å². The molecule has 7 heteroatoms. The van der Waals surface area contributed by atoms with Crippen molar-refractivity contribution in [3.8, 4) is 11.5 Å². The van der Waals surface area contributed by atoms with Crippen LogP contribution in [0.4, 0.5) is 5.69 Å². The lowest BCUT2D eigenvalue weighted by molar-refractivity contribution is -0.137. The quantitative estimate of drug-likeness (QED) is 0.683. The number of carbonyl (C=O) groups is 2. The summed E-state index contributed by atoms with van der Waals surface area (Å²) in [7, 11) is 2.98. The number of benzene rings is 1. The van der Waals surface area contributed by atoms with Crippen molar-refractivity contribution in [2.45, 2.75) is 18.9 Å². The highest BCUT2D eigenvalue weighted by Crippen LogP contribution is 2.28. The molecule has 1 aromatic carbocycles. The second-order valence-corrected chi connectivity index (χ2v) is 4.09. The Morgan fingerprint density at radius 2 is 2.05 bits per heavy atom. The summed E-state index contributed by atoms with van der Waals surface area (Å²) in [5.41, 5.74) is 6.05. The third kappa shape index (κ3) is 4.43. The molecule has 0 spiro atoms. The molecular weight excluding hydrogens is 264 g/mol. The maximum absolute atomic E-state index is 11.9. The number of rotatable bonds is 7. The monoisotopic (exact) mass is 282 g/mol. The molecule has 1 amide bonds. The summed E-state index contributed by atoms with van der Waals surface area (Å²) >= 11 is 0. The van der Waals surface area contributed by atoms with Gasteiger partial charge in [0, 0.05) is 12.5 Å². The van der Waals surface area contributed by atoms with Gasteiger partial charge in [-0.3, -0.25) is 9.59 Å². The Balaban J connectivity index is 2.75. The molecule has 0 radical (unpaired) electrons. The molecule has 0 fully saturated rings. The van der Waals surface area contributed by atoms with Crippen LogP contribution < -0.4 is 20.5 Å². The minimum atomic E-state index is -0.993. The summed E-state index contributed by atoms with van der Waals surface area (Å²) in [6.45, 7) is 0. The van der Waals surface area contributed by atoms with E-state index in [1.807, 2.05) is 0 Å². The predicted molar refractivity (Wildman–Crippen MR) is 73.0 cm³/mol. The lowest BCUT2D eigenvalue weighted by atomic mass is 10.1. The predicted octanol–water partition coefficient (Wildman–Crippen LogP) is 0.834. The molecule has 0 saturated heterocycles. The number of nitrogens with two attached hydrogens (primary N) is 1. The maximum atomic E-state index is 11.9. The lowest BCUT2D eigenvalue weighted by Gasteiger charge is -2.14. The van der Waals surface area contributed by atoms with Crippen LogP contribution in [-0.4, -0.2) is 37.2 Å². The fraction of sp³-hybridized carbons (Fsp3) is 0.385. The third-order valence-electron chi connectivity index (χ3n) is 2.67.